The van der Waals surface area contributed by atoms with Crippen LogP contribution in [0.2, 0.25) is 0 Å². The number of hydrogen-bond acceptors (Lipinski definition) is 3. The van der Waals surface area contributed by atoms with Gasteiger partial charge < -0.3 is 10.2 Å². The van der Waals surface area contributed by atoms with Gasteiger partial charge in [0.25, 0.3) is 0 Å². The first-order chi connectivity index (χ1) is 8.76. The van der Waals surface area contributed by atoms with Crippen LogP contribution in [0.4, 0.5) is 0 Å². The SMILES string of the molecule is CCN(CC(=O)N1CCC1)C1CC2CCC(C1)N2. The first kappa shape index (κ1) is 12.4. The van der Waals surface area contributed by atoms with Gasteiger partial charge in [-0.05, 0) is 38.6 Å². The van der Waals surface area contributed by atoms with Gasteiger partial charge in [-0.3, -0.25) is 9.69 Å². The monoisotopic (exact) mass is 251 g/mol. The maximum atomic E-state index is 12.1. The minimum absolute atomic E-state index is 0.342. The molecule has 18 heavy (non-hydrogen) atoms. The Balaban J connectivity index is 1.56. The lowest BCUT2D eigenvalue weighted by Gasteiger charge is -2.39. The molecule has 4 heteroatoms. The molecule has 0 aromatic carbocycles. The summed E-state index contributed by atoms with van der Waals surface area (Å²) in [6.07, 6.45) is 6.32. The lowest BCUT2D eigenvalue weighted by Crippen LogP contribution is -2.53. The van der Waals surface area contributed by atoms with Gasteiger partial charge in [0.2, 0.25) is 5.91 Å². The lowest BCUT2D eigenvalue weighted by molar-refractivity contribution is -0.136. The van der Waals surface area contributed by atoms with Crippen LogP contribution < -0.4 is 5.32 Å². The quantitative estimate of drug-likeness (QED) is 0.803. The van der Waals surface area contributed by atoms with E-state index in [1.807, 2.05) is 4.90 Å². The molecule has 0 spiro atoms. The zero-order valence-corrected chi connectivity index (χ0v) is 11.4. The molecule has 0 aliphatic carbocycles. The van der Waals surface area contributed by atoms with Gasteiger partial charge in [0.05, 0.1) is 6.54 Å². The van der Waals surface area contributed by atoms with Crippen molar-refractivity contribution in [2.24, 2.45) is 0 Å². The Morgan fingerprint density at radius 2 is 1.94 bits per heavy atom. The smallest absolute Gasteiger partial charge is 0.236 e. The van der Waals surface area contributed by atoms with Crippen molar-refractivity contribution in [3.05, 3.63) is 0 Å². The van der Waals surface area contributed by atoms with Gasteiger partial charge in [-0.1, -0.05) is 6.92 Å². The highest BCUT2D eigenvalue weighted by atomic mass is 16.2. The summed E-state index contributed by atoms with van der Waals surface area (Å²) < 4.78 is 0. The number of carbonyl (C=O) groups excluding carboxylic acids is 1. The van der Waals surface area contributed by atoms with Crippen LogP contribution in [0.15, 0.2) is 0 Å². The molecule has 2 bridgehead atoms. The van der Waals surface area contributed by atoms with E-state index in [0.29, 0.717) is 30.6 Å². The highest BCUT2D eigenvalue weighted by Crippen LogP contribution is 2.29. The predicted molar refractivity (Wildman–Crippen MR) is 71.4 cm³/mol. The molecule has 0 saturated carbocycles. The van der Waals surface area contributed by atoms with Crippen LogP contribution in [0.3, 0.4) is 0 Å². The van der Waals surface area contributed by atoms with Crippen molar-refractivity contribution in [1.29, 1.82) is 0 Å². The van der Waals surface area contributed by atoms with E-state index in [0.717, 1.165) is 19.6 Å². The number of nitrogens with zero attached hydrogens (tertiary/aromatic N) is 2. The average molecular weight is 251 g/mol. The standard InChI is InChI=1S/C14H25N3O/c1-2-16(10-14(18)17-6-3-7-17)13-8-11-4-5-12(9-13)15-11/h11-13,15H,2-10H2,1H3. The van der Waals surface area contributed by atoms with E-state index in [2.05, 4.69) is 17.1 Å². The molecule has 1 N–H and O–H groups in total. The lowest BCUT2D eigenvalue weighted by atomic mass is 9.98. The van der Waals surface area contributed by atoms with Crippen molar-refractivity contribution in [1.82, 2.24) is 15.1 Å². The van der Waals surface area contributed by atoms with Crippen LogP contribution in [-0.4, -0.2) is 60.0 Å². The first-order valence-corrected chi connectivity index (χ1v) is 7.54. The maximum Gasteiger partial charge on any atom is 0.236 e. The molecule has 4 nitrogen and oxygen atoms in total. The van der Waals surface area contributed by atoms with E-state index in [1.165, 1.54) is 32.1 Å². The molecule has 3 saturated heterocycles. The molecular weight excluding hydrogens is 226 g/mol. The van der Waals surface area contributed by atoms with Gasteiger partial charge >= 0.3 is 0 Å². The molecule has 0 radical (unpaired) electrons. The van der Waals surface area contributed by atoms with Crippen LogP contribution in [-0.2, 0) is 4.79 Å². The zero-order valence-electron chi connectivity index (χ0n) is 11.4. The van der Waals surface area contributed by atoms with Gasteiger partial charge in [0, 0.05) is 31.2 Å². The Hall–Kier alpha value is -0.610. The summed E-state index contributed by atoms with van der Waals surface area (Å²) in [7, 11) is 0. The van der Waals surface area contributed by atoms with Crippen molar-refractivity contribution in [2.75, 3.05) is 26.2 Å². The maximum absolute atomic E-state index is 12.1. The Kier molecular flexibility index (Phi) is 3.57. The number of fused-ring (bicyclic) bond motifs is 2. The summed E-state index contributed by atoms with van der Waals surface area (Å²) in [6, 6.07) is 2.04. The molecule has 1 amide bonds. The fraction of sp³-hybridized carbons (Fsp3) is 0.929. The Morgan fingerprint density at radius 3 is 2.44 bits per heavy atom. The molecule has 3 fully saturated rings. The molecule has 3 aliphatic rings. The summed E-state index contributed by atoms with van der Waals surface area (Å²) in [4.78, 5) is 16.5. The van der Waals surface area contributed by atoms with Gasteiger partial charge in [0.1, 0.15) is 0 Å². The van der Waals surface area contributed by atoms with Gasteiger partial charge in [-0.2, -0.15) is 0 Å². The van der Waals surface area contributed by atoms with Crippen molar-refractivity contribution in [2.45, 2.75) is 57.2 Å². The molecule has 2 atom stereocenters. The van der Waals surface area contributed by atoms with Crippen molar-refractivity contribution < 1.29 is 4.79 Å². The van der Waals surface area contributed by atoms with E-state index < -0.39 is 0 Å². The van der Waals surface area contributed by atoms with E-state index in [-0.39, 0.29) is 0 Å². The molecular formula is C14H25N3O. The minimum Gasteiger partial charge on any atom is -0.341 e. The summed E-state index contributed by atoms with van der Waals surface area (Å²) in [6.45, 7) is 5.79. The summed E-state index contributed by atoms with van der Waals surface area (Å²) in [5.74, 6) is 0.342. The predicted octanol–water partition coefficient (Wildman–Crippen LogP) is 0.824. The molecule has 3 aliphatic heterocycles. The number of hydrogen-bond donors (Lipinski definition) is 1. The second kappa shape index (κ2) is 5.17. The molecule has 3 heterocycles. The number of piperidine rings is 1. The van der Waals surface area contributed by atoms with E-state index in [4.69, 9.17) is 0 Å². The largest absolute Gasteiger partial charge is 0.341 e. The third-order valence-corrected chi connectivity index (χ3v) is 4.92. The van der Waals surface area contributed by atoms with Crippen LogP contribution in [0.25, 0.3) is 0 Å². The molecule has 2 unspecified atom stereocenters. The van der Waals surface area contributed by atoms with E-state index in [1.54, 1.807) is 0 Å². The second-order valence-electron chi connectivity index (χ2n) is 6.06. The number of carbonyl (C=O) groups is 1. The molecule has 3 rings (SSSR count). The van der Waals surface area contributed by atoms with Gasteiger partial charge in [-0.25, -0.2) is 0 Å². The van der Waals surface area contributed by atoms with Crippen molar-refractivity contribution >= 4 is 5.91 Å². The number of nitrogens with one attached hydrogen (secondary N) is 1. The number of amides is 1. The molecule has 0 aromatic heterocycles. The topological polar surface area (TPSA) is 35.6 Å². The van der Waals surface area contributed by atoms with E-state index >= 15 is 0 Å². The summed E-state index contributed by atoms with van der Waals surface area (Å²) in [5, 5.41) is 3.68. The van der Waals surface area contributed by atoms with Crippen LogP contribution in [0.1, 0.15) is 39.0 Å². The fourth-order valence-corrected chi connectivity index (χ4v) is 3.66. The molecule has 0 aromatic rings. The van der Waals surface area contributed by atoms with Gasteiger partial charge in [-0.15, -0.1) is 0 Å². The fourth-order valence-electron chi connectivity index (χ4n) is 3.66. The third kappa shape index (κ3) is 2.41. The van der Waals surface area contributed by atoms with E-state index in [9.17, 15) is 4.79 Å². The highest BCUT2D eigenvalue weighted by molar-refractivity contribution is 5.79. The number of likely N-dealkylation sites (tertiary alicyclic amines) is 1. The Bertz CT molecular complexity index is 304. The van der Waals surface area contributed by atoms with Crippen LogP contribution in [0.5, 0.6) is 0 Å². The zero-order chi connectivity index (χ0) is 12.5. The van der Waals surface area contributed by atoms with Crippen LogP contribution in [0, 0.1) is 0 Å². The second-order valence-corrected chi connectivity index (χ2v) is 6.06. The van der Waals surface area contributed by atoms with Gasteiger partial charge in [0.15, 0.2) is 0 Å². The normalized spacial score (nSPS) is 34.8. The van der Waals surface area contributed by atoms with Crippen LogP contribution >= 0.6 is 0 Å². The third-order valence-electron chi connectivity index (χ3n) is 4.92. The molecule has 102 valence electrons. The number of likely N-dealkylation sites (N-methyl/N-ethyl adjacent to an activating group) is 1. The number of rotatable bonds is 4. The van der Waals surface area contributed by atoms with Crippen molar-refractivity contribution in [3.8, 4) is 0 Å². The minimum atomic E-state index is 0.342. The van der Waals surface area contributed by atoms with Crippen molar-refractivity contribution in [3.63, 3.8) is 0 Å². The Morgan fingerprint density at radius 1 is 1.28 bits per heavy atom. The summed E-state index contributed by atoms with van der Waals surface area (Å²) in [5.41, 5.74) is 0. The first-order valence-electron chi connectivity index (χ1n) is 7.54. The average Bonchev–Trinajstić information content (AvgIpc) is 2.63. The summed E-state index contributed by atoms with van der Waals surface area (Å²) >= 11 is 0. The highest BCUT2D eigenvalue weighted by Gasteiger charge is 2.36. The Labute approximate surface area is 110 Å².